The molecule has 1 saturated heterocycles. The first-order valence-electron chi connectivity index (χ1n) is 6.19. The van der Waals surface area contributed by atoms with Gasteiger partial charge in [-0.15, -0.1) is 0 Å². The molecule has 0 aliphatic carbocycles. The average molecular weight is 277 g/mol. The van der Waals surface area contributed by atoms with Crippen molar-refractivity contribution >= 4 is 11.5 Å². The van der Waals surface area contributed by atoms with Crippen molar-refractivity contribution in [3.8, 4) is 6.07 Å². The Morgan fingerprint density at radius 2 is 2.50 bits per heavy atom. The lowest BCUT2D eigenvalue weighted by Crippen LogP contribution is -2.43. The van der Waals surface area contributed by atoms with Crippen LogP contribution in [0.15, 0.2) is 12.1 Å². The van der Waals surface area contributed by atoms with Crippen LogP contribution in [0.25, 0.3) is 0 Å². The molecular formula is C12H15N5O3. The molecule has 0 radical (unpaired) electrons. The van der Waals surface area contributed by atoms with E-state index in [-0.39, 0.29) is 17.5 Å². The second-order valence-electron chi connectivity index (χ2n) is 4.57. The Kier molecular flexibility index (Phi) is 4.45. The number of hydrogen-bond acceptors (Lipinski definition) is 7. The summed E-state index contributed by atoms with van der Waals surface area (Å²) < 4.78 is 5.58. The van der Waals surface area contributed by atoms with E-state index in [1.807, 2.05) is 7.05 Å². The first-order valence-corrected chi connectivity index (χ1v) is 6.19. The molecule has 0 aromatic carbocycles. The minimum Gasteiger partial charge on any atom is -0.374 e. The zero-order valence-electron chi connectivity index (χ0n) is 11.1. The standard InChI is InChI=1S/C12H15N5O3/c1-16-4-5-20-9(8-16)7-14-12-3-2-11(17(18)19)10(6-13)15-12/h2-3,9H,4-5,7-8H2,1H3,(H,14,15). The van der Waals surface area contributed by atoms with E-state index >= 15 is 0 Å². The predicted octanol–water partition coefficient (Wildman–Crippen LogP) is 0.604. The molecule has 1 aromatic rings. The largest absolute Gasteiger partial charge is 0.374 e. The fraction of sp³-hybridized carbons (Fsp3) is 0.500. The van der Waals surface area contributed by atoms with Crippen molar-refractivity contribution in [2.45, 2.75) is 6.10 Å². The number of nitrogens with zero attached hydrogens (tertiary/aromatic N) is 4. The van der Waals surface area contributed by atoms with E-state index in [2.05, 4.69) is 15.2 Å². The highest BCUT2D eigenvalue weighted by molar-refractivity contribution is 5.50. The highest BCUT2D eigenvalue weighted by atomic mass is 16.6. The summed E-state index contributed by atoms with van der Waals surface area (Å²) in [5, 5.41) is 22.6. The molecule has 1 aliphatic rings. The lowest BCUT2D eigenvalue weighted by Gasteiger charge is -2.30. The molecule has 0 spiro atoms. The normalized spacial score (nSPS) is 19.3. The first kappa shape index (κ1) is 14.2. The van der Waals surface area contributed by atoms with E-state index < -0.39 is 4.92 Å². The maximum atomic E-state index is 10.7. The zero-order valence-corrected chi connectivity index (χ0v) is 11.1. The van der Waals surface area contributed by atoms with E-state index in [1.54, 1.807) is 6.07 Å². The van der Waals surface area contributed by atoms with Crippen LogP contribution in [0.3, 0.4) is 0 Å². The predicted molar refractivity (Wildman–Crippen MR) is 71.3 cm³/mol. The maximum Gasteiger partial charge on any atom is 0.305 e. The number of likely N-dealkylation sites (N-methyl/N-ethyl adjacent to an activating group) is 1. The van der Waals surface area contributed by atoms with Gasteiger partial charge in [0.15, 0.2) is 0 Å². The Labute approximate surface area is 116 Å². The summed E-state index contributed by atoms with van der Waals surface area (Å²) in [6.07, 6.45) is 0.0382. The Balaban J connectivity index is 2.00. The number of nitriles is 1. The number of hydrogen-bond donors (Lipinski definition) is 1. The van der Waals surface area contributed by atoms with E-state index in [9.17, 15) is 10.1 Å². The zero-order chi connectivity index (χ0) is 14.5. The summed E-state index contributed by atoms with van der Waals surface area (Å²) >= 11 is 0. The quantitative estimate of drug-likeness (QED) is 0.634. The monoisotopic (exact) mass is 277 g/mol. The van der Waals surface area contributed by atoms with Gasteiger partial charge in [0, 0.05) is 25.7 Å². The molecule has 106 valence electrons. The van der Waals surface area contributed by atoms with Gasteiger partial charge in [-0.1, -0.05) is 0 Å². The van der Waals surface area contributed by atoms with Crippen molar-refractivity contribution in [1.29, 1.82) is 5.26 Å². The Morgan fingerprint density at radius 1 is 1.70 bits per heavy atom. The van der Waals surface area contributed by atoms with Gasteiger partial charge >= 0.3 is 5.69 Å². The average Bonchev–Trinajstić information content (AvgIpc) is 2.44. The lowest BCUT2D eigenvalue weighted by atomic mass is 10.2. The molecular weight excluding hydrogens is 262 g/mol. The fourth-order valence-electron chi connectivity index (χ4n) is 1.99. The van der Waals surface area contributed by atoms with Crippen molar-refractivity contribution in [2.75, 3.05) is 38.6 Å². The molecule has 1 atom stereocenters. The highest BCUT2D eigenvalue weighted by Crippen LogP contribution is 2.18. The topological polar surface area (TPSA) is 104 Å². The number of aromatic nitrogens is 1. The first-order chi connectivity index (χ1) is 9.60. The molecule has 1 fully saturated rings. The molecule has 8 heteroatoms. The molecule has 0 bridgehead atoms. The molecule has 1 N–H and O–H groups in total. The molecule has 1 aromatic heterocycles. The van der Waals surface area contributed by atoms with Gasteiger partial charge in [-0.3, -0.25) is 10.1 Å². The molecule has 2 heterocycles. The van der Waals surface area contributed by atoms with Crippen molar-refractivity contribution < 1.29 is 9.66 Å². The SMILES string of the molecule is CN1CCOC(CNc2ccc([N+](=O)[O-])c(C#N)n2)C1. The Hall–Kier alpha value is -2.24. The van der Waals surface area contributed by atoms with Gasteiger partial charge in [-0.05, 0) is 13.1 Å². The van der Waals surface area contributed by atoms with Crippen LogP contribution in [-0.4, -0.2) is 54.2 Å². The fourth-order valence-corrected chi connectivity index (χ4v) is 1.99. The summed E-state index contributed by atoms with van der Waals surface area (Å²) in [5.41, 5.74) is -0.478. The summed E-state index contributed by atoms with van der Waals surface area (Å²) in [6, 6.07) is 4.50. The number of ether oxygens (including phenoxy) is 1. The molecule has 0 amide bonds. The van der Waals surface area contributed by atoms with Crippen LogP contribution >= 0.6 is 0 Å². The van der Waals surface area contributed by atoms with Gasteiger partial charge in [0.25, 0.3) is 0 Å². The van der Waals surface area contributed by atoms with Gasteiger partial charge in [0.1, 0.15) is 11.9 Å². The minimum atomic E-state index is -0.617. The third-order valence-electron chi connectivity index (χ3n) is 3.03. The van der Waals surface area contributed by atoms with Crippen LogP contribution in [-0.2, 0) is 4.74 Å². The van der Waals surface area contributed by atoms with Gasteiger partial charge in [0.05, 0.1) is 17.6 Å². The molecule has 8 nitrogen and oxygen atoms in total. The summed E-state index contributed by atoms with van der Waals surface area (Å²) in [4.78, 5) is 16.2. The van der Waals surface area contributed by atoms with Crippen LogP contribution < -0.4 is 5.32 Å². The third-order valence-corrected chi connectivity index (χ3v) is 3.03. The number of pyridine rings is 1. The lowest BCUT2D eigenvalue weighted by molar-refractivity contribution is -0.385. The van der Waals surface area contributed by atoms with Crippen LogP contribution in [0.1, 0.15) is 5.69 Å². The Morgan fingerprint density at radius 3 is 3.15 bits per heavy atom. The van der Waals surface area contributed by atoms with Crippen molar-refractivity contribution in [3.05, 3.63) is 27.9 Å². The minimum absolute atomic E-state index is 0.0382. The van der Waals surface area contributed by atoms with Crippen molar-refractivity contribution in [1.82, 2.24) is 9.88 Å². The summed E-state index contributed by atoms with van der Waals surface area (Å²) in [6.45, 7) is 2.94. The molecule has 0 saturated carbocycles. The number of morpholine rings is 1. The van der Waals surface area contributed by atoms with Gasteiger partial charge < -0.3 is 15.0 Å². The molecule has 2 rings (SSSR count). The summed E-state index contributed by atoms with van der Waals surface area (Å²) in [5.74, 6) is 0.434. The van der Waals surface area contributed by atoms with E-state index in [4.69, 9.17) is 10.00 Å². The van der Waals surface area contributed by atoms with E-state index in [0.29, 0.717) is 19.0 Å². The smallest absolute Gasteiger partial charge is 0.305 e. The number of rotatable bonds is 4. The molecule has 1 unspecified atom stereocenters. The van der Waals surface area contributed by atoms with Gasteiger partial charge in [0.2, 0.25) is 5.69 Å². The number of nitrogens with one attached hydrogen (secondary N) is 1. The van der Waals surface area contributed by atoms with E-state index in [0.717, 1.165) is 13.1 Å². The van der Waals surface area contributed by atoms with Crippen molar-refractivity contribution in [3.63, 3.8) is 0 Å². The van der Waals surface area contributed by atoms with E-state index in [1.165, 1.54) is 12.1 Å². The number of nitro groups is 1. The highest BCUT2D eigenvalue weighted by Gasteiger charge is 2.19. The molecule has 20 heavy (non-hydrogen) atoms. The van der Waals surface area contributed by atoms with Crippen molar-refractivity contribution in [2.24, 2.45) is 0 Å². The maximum absolute atomic E-state index is 10.7. The van der Waals surface area contributed by atoms with Gasteiger partial charge in [-0.25, -0.2) is 4.98 Å². The van der Waals surface area contributed by atoms with Crippen LogP contribution in [0.2, 0.25) is 0 Å². The second kappa shape index (κ2) is 6.27. The van der Waals surface area contributed by atoms with Crippen LogP contribution in [0, 0.1) is 21.4 Å². The van der Waals surface area contributed by atoms with Crippen LogP contribution in [0.5, 0.6) is 0 Å². The van der Waals surface area contributed by atoms with Crippen LogP contribution in [0.4, 0.5) is 11.5 Å². The molecule has 1 aliphatic heterocycles. The number of anilines is 1. The summed E-state index contributed by atoms with van der Waals surface area (Å²) in [7, 11) is 2.02. The van der Waals surface area contributed by atoms with Gasteiger partial charge in [-0.2, -0.15) is 5.26 Å². The Bertz CT molecular complexity index is 542. The second-order valence-corrected chi connectivity index (χ2v) is 4.57. The third kappa shape index (κ3) is 3.40.